The van der Waals surface area contributed by atoms with Crippen LogP contribution in [0.1, 0.15) is 151 Å². The number of allylic oxidation sites excluding steroid dienone is 1. The standard InChI is InChI=1S/C41H59N7O.C18H23N3O3/c1-7-22-48(37(8-2)9-3)29-32-17-23-47(24-18-32)41(49)35-12-10-33(11-13-35)34-19-25-46(26-20-34)31(5)39-27-30(4)38(16-21-44-45(39)6)36-14-15-40(42)43-28-36;1-3-12-4-7-14-16(10-12)20(13-5-6-13)11(2)24-21(14)15-8-9-17(22)19-18(15)23/h10-16,21,27-28,31-32,34,37,42,44H,4,7-9,17-20,22-26,29H2,1-3,5-6H3;4,7,10-11,13,15H,3,5-6,8-9H2,1-2H3,(H,19,22,23)/b21-16?,38-36+,39-27?,42-40?;. The van der Waals surface area contributed by atoms with Crippen LogP contribution in [0.4, 0.5) is 11.4 Å². The maximum absolute atomic E-state index is 13.5. The molecule has 6 aliphatic rings. The predicted molar refractivity (Wildman–Crippen MR) is 295 cm³/mol. The highest BCUT2D eigenvalue weighted by molar-refractivity contribution is 6.16. The van der Waals surface area contributed by atoms with Crippen molar-refractivity contribution in [2.24, 2.45) is 18.0 Å². The molecular weight excluding hydrogens is 913 g/mol. The summed E-state index contributed by atoms with van der Waals surface area (Å²) in [4.78, 5) is 57.2. The molecular formula is C59H82N10O4. The van der Waals surface area contributed by atoms with Crippen LogP contribution in [-0.4, -0.2) is 118 Å². The number of carbonyl (C=O) groups is 3. The summed E-state index contributed by atoms with van der Waals surface area (Å²) in [5.41, 5.74) is 7.61. The molecule has 3 saturated heterocycles. The van der Waals surface area contributed by atoms with Crippen LogP contribution < -0.4 is 25.7 Å². The van der Waals surface area contributed by atoms with Crippen molar-refractivity contribution < 1.29 is 19.2 Å². The van der Waals surface area contributed by atoms with Gasteiger partial charge in [0, 0.05) is 74.8 Å². The Labute approximate surface area is 434 Å². The molecule has 9 rings (SSSR count). The van der Waals surface area contributed by atoms with Gasteiger partial charge in [0.1, 0.15) is 11.9 Å². The molecule has 1 aliphatic carbocycles. The molecule has 3 N–H and O–H groups in total. The second-order valence-corrected chi connectivity index (χ2v) is 21.1. The fraction of sp³-hybridized carbons (Fsp3) is 0.542. The summed E-state index contributed by atoms with van der Waals surface area (Å²) in [5, 5.41) is 17.2. The zero-order valence-electron chi connectivity index (χ0n) is 44.7. The fourth-order valence-electron chi connectivity index (χ4n) is 11.7. The number of nitrogens with one attached hydrogen (secondary N) is 3. The maximum atomic E-state index is 13.5. The molecule has 3 aromatic rings. The summed E-state index contributed by atoms with van der Waals surface area (Å²) < 4.78 is 2.08. The number of dihydropyridines is 1. The SMILES string of the molecule is C=c1cc(C(C)N2CCC(c3ccc(C(=O)N4CCC(CN(CCC)C(CC)CC)CC4)cc3)CC2)n(C)[nH]cc/c1=C1/C=CC(=N)N=C1.CCc1ccc2c(c1)N(C1CC1)C(C)ON2C1CCC(=O)NC1=O. The van der Waals surface area contributed by atoms with Crippen LogP contribution in [-0.2, 0) is 27.9 Å². The zero-order chi connectivity index (χ0) is 51.8. The van der Waals surface area contributed by atoms with E-state index >= 15 is 0 Å². The monoisotopic (exact) mass is 995 g/mol. The number of fused-ring (bicyclic) bond motifs is 1. The Hall–Kier alpha value is -5.83. The number of amides is 3. The first-order valence-corrected chi connectivity index (χ1v) is 27.5. The summed E-state index contributed by atoms with van der Waals surface area (Å²) >= 11 is 0. The molecule has 3 atom stereocenters. The first-order chi connectivity index (χ1) is 35.3. The van der Waals surface area contributed by atoms with E-state index in [1.165, 1.54) is 56.3 Å². The molecule has 0 spiro atoms. The summed E-state index contributed by atoms with van der Waals surface area (Å²) in [6.07, 6.45) is 19.4. The minimum absolute atomic E-state index is 0.123. The normalized spacial score (nSPS) is 22.0. The van der Waals surface area contributed by atoms with E-state index in [9.17, 15) is 14.4 Å². The van der Waals surface area contributed by atoms with Gasteiger partial charge in [-0.15, -0.1) is 0 Å². The lowest BCUT2D eigenvalue weighted by atomic mass is 9.88. The molecule has 14 heteroatoms. The first-order valence-electron chi connectivity index (χ1n) is 27.5. The fourth-order valence-corrected chi connectivity index (χ4v) is 11.7. The Morgan fingerprint density at radius 3 is 2.26 bits per heavy atom. The van der Waals surface area contributed by atoms with Crippen molar-refractivity contribution in [2.75, 3.05) is 49.2 Å². The summed E-state index contributed by atoms with van der Waals surface area (Å²) in [6, 6.07) is 20.0. The van der Waals surface area contributed by atoms with Gasteiger partial charge in [-0.25, -0.2) is 14.9 Å². The Bertz CT molecular complexity index is 2640. The van der Waals surface area contributed by atoms with Crippen LogP contribution in [0, 0.1) is 11.3 Å². The third kappa shape index (κ3) is 12.8. The molecule has 1 aromatic heterocycles. The number of nitrogens with zero attached hydrogens (tertiary/aromatic N) is 7. The van der Waals surface area contributed by atoms with E-state index in [1.807, 2.05) is 31.3 Å². The Morgan fingerprint density at radius 2 is 1.63 bits per heavy atom. The number of aliphatic imine (C=N–C) groups is 1. The number of aromatic amines is 1. The van der Waals surface area contributed by atoms with Crippen molar-refractivity contribution in [1.82, 2.24) is 29.8 Å². The molecule has 0 bridgehead atoms. The van der Waals surface area contributed by atoms with E-state index in [-0.39, 0.29) is 35.8 Å². The zero-order valence-corrected chi connectivity index (χ0v) is 44.7. The molecule has 0 radical (unpaired) electrons. The van der Waals surface area contributed by atoms with Crippen molar-refractivity contribution in [3.8, 4) is 0 Å². The molecule has 14 nitrogen and oxygen atoms in total. The number of aromatic nitrogens is 2. The molecule has 6 heterocycles. The van der Waals surface area contributed by atoms with Crippen LogP contribution in [0.15, 0.2) is 77.9 Å². The number of anilines is 2. The van der Waals surface area contributed by atoms with E-state index in [0.29, 0.717) is 36.8 Å². The smallest absolute Gasteiger partial charge is 0.253 e. The van der Waals surface area contributed by atoms with Crippen LogP contribution in [0.25, 0.3) is 12.2 Å². The third-order valence-corrected chi connectivity index (χ3v) is 16.2. The van der Waals surface area contributed by atoms with Crippen molar-refractivity contribution in [2.45, 2.75) is 155 Å². The predicted octanol–water partition coefficient (Wildman–Crippen LogP) is 8.47. The molecule has 3 unspecified atom stereocenters. The van der Waals surface area contributed by atoms with E-state index in [4.69, 9.17) is 10.2 Å². The van der Waals surface area contributed by atoms with E-state index in [1.54, 1.807) is 17.4 Å². The lowest BCUT2D eigenvalue weighted by Crippen LogP contribution is -2.57. The van der Waals surface area contributed by atoms with Crippen molar-refractivity contribution in [3.05, 3.63) is 106 Å². The second kappa shape index (κ2) is 24.5. The Kier molecular flexibility index (Phi) is 17.9. The van der Waals surface area contributed by atoms with Crippen LogP contribution >= 0.6 is 0 Å². The Balaban J connectivity index is 0.000000245. The number of carbonyl (C=O) groups excluding carboxylic acids is 3. The van der Waals surface area contributed by atoms with Gasteiger partial charge in [-0.2, -0.15) is 0 Å². The number of piperidine rings is 3. The number of imide groups is 1. The molecule has 392 valence electrons. The van der Waals surface area contributed by atoms with E-state index in [2.05, 4.69) is 130 Å². The molecule has 73 heavy (non-hydrogen) atoms. The van der Waals surface area contributed by atoms with E-state index in [0.717, 1.165) is 96.9 Å². The third-order valence-electron chi connectivity index (χ3n) is 16.2. The van der Waals surface area contributed by atoms with Gasteiger partial charge in [0.05, 0.1) is 17.1 Å². The highest BCUT2D eigenvalue weighted by atomic mass is 16.7. The quantitative estimate of drug-likeness (QED) is 0.137. The number of hydroxylamine groups is 1. The number of hydrogen-bond acceptors (Lipinski definition) is 9. The van der Waals surface area contributed by atoms with Crippen LogP contribution in [0.2, 0.25) is 0 Å². The highest BCUT2D eigenvalue weighted by Crippen LogP contribution is 2.45. The van der Waals surface area contributed by atoms with Gasteiger partial charge in [0.2, 0.25) is 5.91 Å². The van der Waals surface area contributed by atoms with E-state index < -0.39 is 6.04 Å². The summed E-state index contributed by atoms with van der Waals surface area (Å²) in [6.45, 7) is 23.9. The number of H-pyrrole nitrogens is 1. The number of amidine groups is 1. The number of aryl methyl sites for hydroxylation is 2. The van der Waals surface area contributed by atoms with Crippen molar-refractivity contribution in [1.29, 1.82) is 5.41 Å². The summed E-state index contributed by atoms with van der Waals surface area (Å²) in [5.74, 6) is 1.14. The van der Waals surface area contributed by atoms with Crippen molar-refractivity contribution in [3.63, 3.8) is 0 Å². The average molecular weight is 995 g/mol. The van der Waals surface area contributed by atoms with Crippen LogP contribution in [0.3, 0.4) is 0 Å². The highest BCUT2D eigenvalue weighted by Gasteiger charge is 2.43. The van der Waals surface area contributed by atoms with Crippen molar-refractivity contribution >= 4 is 53.3 Å². The average Bonchev–Trinajstić information content (AvgIpc) is 4.25. The molecule has 2 aromatic carbocycles. The van der Waals surface area contributed by atoms with Gasteiger partial charge in [-0.1, -0.05) is 52.5 Å². The molecule has 1 saturated carbocycles. The number of benzene rings is 2. The second-order valence-electron chi connectivity index (χ2n) is 21.1. The van der Waals surface area contributed by atoms with Gasteiger partial charge in [0.25, 0.3) is 11.8 Å². The molecule has 4 fully saturated rings. The largest absolute Gasteiger partial charge is 0.339 e. The van der Waals surface area contributed by atoms with Gasteiger partial charge in [-0.3, -0.25) is 34.7 Å². The topological polar surface area (TPSA) is 146 Å². The number of hydrogen-bond donors (Lipinski definition) is 3. The minimum Gasteiger partial charge on any atom is -0.339 e. The molecule has 5 aliphatic heterocycles. The van der Waals surface area contributed by atoms with Gasteiger partial charge in [0.15, 0.2) is 6.23 Å². The van der Waals surface area contributed by atoms with Gasteiger partial charge >= 0.3 is 0 Å². The lowest BCUT2D eigenvalue weighted by molar-refractivity contribution is -0.136. The Morgan fingerprint density at radius 1 is 0.904 bits per heavy atom. The summed E-state index contributed by atoms with van der Waals surface area (Å²) in [7, 11) is 2.05. The number of likely N-dealkylation sites (tertiary alicyclic amines) is 2. The van der Waals surface area contributed by atoms with Crippen LogP contribution in [0.5, 0.6) is 0 Å². The maximum Gasteiger partial charge on any atom is 0.253 e. The van der Waals surface area contributed by atoms with Gasteiger partial charge < -0.3 is 19.8 Å². The molecule has 3 amide bonds. The van der Waals surface area contributed by atoms with Gasteiger partial charge in [-0.05, 0) is 186 Å². The minimum atomic E-state index is -0.460. The number of rotatable bonds is 14. The lowest BCUT2D eigenvalue weighted by Gasteiger charge is -2.45. The first kappa shape index (κ1) is 53.5.